The van der Waals surface area contributed by atoms with Crippen LogP contribution in [0.25, 0.3) is 0 Å². The van der Waals surface area contributed by atoms with E-state index in [-0.39, 0.29) is 11.9 Å². The smallest absolute Gasteiger partial charge is 0.356 e. The van der Waals surface area contributed by atoms with Gasteiger partial charge < -0.3 is 16.0 Å². The van der Waals surface area contributed by atoms with Gasteiger partial charge in [0.25, 0.3) is 5.91 Å². The van der Waals surface area contributed by atoms with Crippen molar-refractivity contribution in [2.24, 2.45) is 4.99 Å². The third kappa shape index (κ3) is 7.86. The summed E-state index contributed by atoms with van der Waals surface area (Å²) in [5, 5.41) is 9.11. The Kier molecular flexibility index (Phi) is 7.90. The first-order chi connectivity index (χ1) is 12.9. The minimum atomic E-state index is -4.17. The van der Waals surface area contributed by atoms with Crippen molar-refractivity contribution in [1.29, 1.82) is 0 Å². The van der Waals surface area contributed by atoms with Gasteiger partial charge in [-0.15, -0.1) is 0 Å². The van der Waals surface area contributed by atoms with Crippen molar-refractivity contribution in [3.63, 3.8) is 0 Å². The molecule has 0 aromatic heterocycles. The molecule has 6 nitrogen and oxygen atoms in total. The number of halogens is 3. The number of hydrogen-bond donors (Lipinski definition) is 3. The maximum absolute atomic E-state index is 12.4. The molecule has 1 amide bonds. The molecule has 0 bridgehead atoms. The lowest BCUT2D eigenvalue weighted by atomic mass is 10.2. The average molecular weight is 385 g/mol. The third-order valence-corrected chi connectivity index (χ3v) is 4.21. The Labute approximate surface area is 157 Å². The molecule has 9 heteroatoms. The fourth-order valence-electron chi connectivity index (χ4n) is 2.92. The Morgan fingerprint density at radius 1 is 1.22 bits per heavy atom. The number of guanidine groups is 1. The second-order valence-electron chi connectivity index (χ2n) is 6.45. The first kappa shape index (κ1) is 21.0. The SMILES string of the molecule is CN=C(NCCCNC(=O)c1ccccc1)NC1CCN(CC(F)(F)F)C1. The number of carbonyl (C=O) groups excluding carboxylic acids is 1. The number of likely N-dealkylation sites (tertiary alicyclic amines) is 1. The van der Waals surface area contributed by atoms with Crippen LogP contribution in [0.4, 0.5) is 13.2 Å². The predicted octanol–water partition coefficient (Wildman–Crippen LogP) is 1.61. The summed E-state index contributed by atoms with van der Waals surface area (Å²) >= 11 is 0. The molecule has 27 heavy (non-hydrogen) atoms. The number of nitrogens with zero attached hydrogens (tertiary/aromatic N) is 2. The third-order valence-electron chi connectivity index (χ3n) is 4.21. The largest absolute Gasteiger partial charge is 0.401 e. The molecule has 1 aromatic carbocycles. The minimum absolute atomic E-state index is 0.0590. The second kappa shape index (κ2) is 10.1. The normalized spacial score (nSPS) is 18.4. The number of amides is 1. The van der Waals surface area contributed by atoms with Gasteiger partial charge in [0.2, 0.25) is 0 Å². The van der Waals surface area contributed by atoms with Gasteiger partial charge in [-0.2, -0.15) is 13.2 Å². The van der Waals surface area contributed by atoms with E-state index in [2.05, 4.69) is 20.9 Å². The summed E-state index contributed by atoms with van der Waals surface area (Å²) in [6.07, 6.45) is -2.83. The van der Waals surface area contributed by atoms with Gasteiger partial charge in [-0.3, -0.25) is 14.7 Å². The average Bonchev–Trinajstić information content (AvgIpc) is 3.05. The monoisotopic (exact) mass is 385 g/mol. The number of alkyl halides is 3. The number of aliphatic imine (C=N–C) groups is 1. The van der Waals surface area contributed by atoms with Crippen LogP contribution in [0.5, 0.6) is 0 Å². The lowest BCUT2D eigenvalue weighted by Gasteiger charge is -2.19. The molecule has 1 saturated heterocycles. The molecule has 1 fully saturated rings. The van der Waals surface area contributed by atoms with Crippen LogP contribution in [0.15, 0.2) is 35.3 Å². The van der Waals surface area contributed by atoms with Crippen LogP contribution in [0.2, 0.25) is 0 Å². The van der Waals surface area contributed by atoms with E-state index in [4.69, 9.17) is 0 Å². The molecule has 0 saturated carbocycles. The molecule has 3 N–H and O–H groups in total. The Morgan fingerprint density at radius 3 is 2.59 bits per heavy atom. The van der Waals surface area contributed by atoms with E-state index in [1.54, 1.807) is 19.2 Å². The van der Waals surface area contributed by atoms with Crippen LogP contribution in [0, 0.1) is 0 Å². The Balaban J connectivity index is 1.61. The highest BCUT2D eigenvalue weighted by molar-refractivity contribution is 5.94. The lowest BCUT2D eigenvalue weighted by Crippen LogP contribution is -2.45. The van der Waals surface area contributed by atoms with Crippen LogP contribution in [0.1, 0.15) is 23.2 Å². The minimum Gasteiger partial charge on any atom is -0.356 e. The number of benzene rings is 1. The molecule has 1 aliphatic heterocycles. The summed E-state index contributed by atoms with van der Waals surface area (Å²) in [7, 11) is 1.62. The van der Waals surface area contributed by atoms with Gasteiger partial charge in [-0.05, 0) is 25.0 Å². The van der Waals surface area contributed by atoms with E-state index in [1.165, 1.54) is 4.90 Å². The van der Waals surface area contributed by atoms with Gasteiger partial charge in [0.05, 0.1) is 6.54 Å². The molecule has 1 atom stereocenters. The maximum atomic E-state index is 12.4. The van der Waals surface area contributed by atoms with Gasteiger partial charge in [0.15, 0.2) is 5.96 Å². The van der Waals surface area contributed by atoms with Crippen LogP contribution >= 0.6 is 0 Å². The van der Waals surface area contributed by atoms with Gasteiger partial charge in [-0.25, -0.2) is 0 Å². The highest BCUT2D eigenvalue weighted by Crippen LogP contribution is 2.19. The Morgan fingerprint density at radius 2 is 1.93 bits per heavy atom. The molecule has 1 aromatic rings. The number of rotatable bonds is 7. The topological polar surface area (TPSA) is 68.8 Å². The van der Waals surface area contributed by atoms with Gasteiger partial charge >= 0.3 is 6.18 Å². The van der Waals surface area contributed by atoms with Crippen LogP contribution in [-0.2, 0) is 0 Å². The van der Waals surface area contributed by atoms with Crippen LogP contribution < -0.4 is 16.0 Å². The van der Waals surface area contributed by atoms with E-state index < -0.39 is 12.7 Å². The summed E-state index contributed by atoms with van der Waals surface area (Å²) < 4.78 is 37.3. The molecule has 0 aliphatic carbocycles. The fourth-order valence-corrected chi connectivity index (χ4v) is 2.92. The number of nitrogens with one attached hydrogen (secondary N) is 3. The van der Waals surface area contributed by atoms with Crippen molar-refractivity contribution >= 4 is 11.9 Å². The molecule has 1 heterocycles. The molecule has 1 aliphatic rings. The van der Waals surface area contributed by atoms with Crippen molar-refractivity contribution in [2.45, 2.75) is 25.1 Å². The molecule has 1 unspecified atom stereocenters. The fraction of sp³-hybridized carbons (Fsp3) is 0.556. The molecular weight excluding hydrogens is 359 g/mol. The first-order valence-corrected chi connectivity index (χ1v) is 8.97. The van der Waals surface area contributed by atoms with Crippen LogP contribution in [0.3, 0.4) is 0 Å². The lowest BCUT2D eigenvalue weighted by molar-refractivity contribution is -0.143. The number of hydrogen-bond acceptors (Lipinski definition) is 3. The zero-order chi connectivity index (χ0) is 19.7. The van der Waals surface area contributed by atoms with Crippen molar-refractivity contribution in [2.75, 3.05) is 39.8 Å². The summed E-state index contributed by atoms with van der Waals surface area (Å²) in [5.41, 5.74) is 0.618. The summed E-state index contributed by atoms with van der Waals surface area (Å²) in [5.74, 6) is 0.442. The first-order valence-electron chi connectivity index (χ1n) is 8.97. The van der Waals surface area contributed by atoms with Crippen molar-refractivity contribution < 1.29 is 18.0 Å². The molecule has 150 valence electrons. The van der Waals surface area contributed by atoms with E-state index in [0.717, 1.165) is 0 Å². The zero-order valence-electron chi connectivity index (χ0n) is 15.4. The quantitative estimate of drug-likeness (QED) is 0.379. The predicted molar refractivity (Wildman–Crippen MR) is 98.8 cm³/mol. The highest BCUT2D eigenvalue weighted by Gasteiger charge is 2.34. The molecule has 2 rings (SSSR count). The Bertz CT molecular complexity index is 621. The summed E-state index contributed by atoms with van der Waals surface area (Å²) in [6.45, 7) is 0.986. The van der Waals surface area contributed by atoms with E-state index >= 15 is 0 Å². The van der Waals surface area contributed by atoms with Gasteiger partial charge in [-0.1, -0.05) is 18.2 Å². The molecular formula is C18H26F3N5O. The summed E-state index contributed by atoms with van der Waals surface area (Å²) in [4.78, 5) is 17.4. The van der Waals surface area contributed by atoms with Gasteiger partial charge in [0, 0.05) is 44.8 Å². The molecule has 0 radical (unpaired) electrons. The van der Waals surface area contributed by atoms with E-state index in [9.17, 15) is 18.0 Å². The van der Waals surface area contributed by atoms with Crippen molar-refractivity contribution in [3.8, 4) is 0 Å². The van der Waals surface area contributed by atoms with Gasteiger partial charge in [0.1, 0.15) is 0 Å². The van der Waals surface area contributed by atoms with Crippen LogP contribution in [-0.4, -0.2) is 68.8 Å². The molecule has 0 spiro atoms. The Hall–Kier alpha value is -2.29. The zero-order valence-corrected chi connectivity index (χ0v) is 15.4. The second-order valence-corrected chi connectivity index (χ2v) is 6.45. The standard InChI is InChI=1S/C18H26F3N5O/c1-22-17(25-15-8-11-26(12-15)13-18(19,20)21)24-10-5-9-23-16(27)14-6-3-2-4-7-14/h2-4,6-7,15H,5,8-13H2,1H3,(H,23,27)(H2,22,24,25). The maximum Gasteiger partial charge on any atom is 0.401 e. The van der Waals surface area contributed by atoms with Crippen molar-refractivity contribution in [1.82, 2.24) is 20.9 Å². The number of carbonyl (C=O) groups is 1. The van der Waals surface area contributed by atoms with Crippen molar-refractivity contribution in [3.05, 3.63) is 35.9 Å². The van der Waals surface area contributed by atoms with E-state index in [0.29, 0.717) is 50.5 Å². The summed E-state index contributed by atoms with van der Waals surface area (Å²) in [6, 6.07) is 8.92. The highest BCUT2D eigenvalue weighted by atomic mass is 19.4. The van der Waals surface area contributed by atoms with E-state index in [1.807, 2.05) is 18.2 Å².